The standard InChI is InChI=1S/C23H28BrN3O5S/c1-30-18(28)14-32-20-19(24)21(33-22(20)23(29)27-9-11-31-12-10-27)15-3-2-4-17(13-15)26-16-5-7-25-8-6-16/h2-4,13,16,25-26H,5-12,14H2,1H3. The molecule has 0 saturated carbocycles. The van der Waals surface area contributed by atoms with E-state index in [2.05, 4.69) is 38.7 Å². The second-order valence-electron chi connectivity index (χ2n) is 7.92. The van der Waals surface area contributed by atoms with E-state index in [1.54, 1.807) is 4.90 Å². The molecule has 0 radical (unpaired) electrons. The molecule has 0 atom stereocenters. The maximum atomic E-state index is 13.3. The van der Waals surface area contributed by atoms with Gasteiger partial charge < -0.3 is 29.7 Å². The predicted octanol–water partition coefficient (Wildman–Crippen LogP) is 3.37. The van der Waals surface area contributed by atoms with Gasteiger partial charge >= 0.3 is 5.97 Å². The minimum Gasteiger partial charge on any atom is -0.479 e. The molecule has 2 aromatic rings. The van der Waals surface area contributed by atoms with Crippen LogP contribution < -0.4 is 15.4 Å². The number of hydrogen-bond acceptors (Lipinski definition) is 8. The number of amides is 1. The highest BCUT2D eigenvalue weighted by Crippen LogP contribution is 2.46. The number of hydrogen-bond donors (Lipinski definition) is 2. The molecule has 2 aliphatic heterocycles. The highest BCUT2D eigenvalue weighted by molar-refractivity contribution is 9.10. The van der Waals surface area contributed by atoms with Crippen LogP contribution in [0.25, 0.3) is 10.4 Å². The number of methoxy groups -OCH3 is 1. The zero-order chi connectivity index (χ0) is 23.2. The number of carbonyl (C=O) groups is 2. The largest absolute Gasteiger partial charge is 0.479 e. The number of nitrogens with zero attached hydrogens (tertiary/aromatic N) is 1. The fourth-order valence-corrected chi connectivity index (χ4v) is 5.92. The van der Waals surface area contributed by atoms with E-state index in [1.165, 1.54) is 18.4 Å². The third-order valence-electron chi connectivity index (χ3n) is 5.70. The summed E-state index contributed by atoms with van der Waals surface area (Å²) in [5.74, 6) is -0.264. The van der Waals surface area contributed by atoms with Crippen LogP contribution in [-0.4, -0.2) is 75.9 Å². The molecular weight excluding hydrogens is 510 g/mol. The van der Waals surface area contributed by atoms with E-state index in [0.29, 0.717) is 47.4 Å². The number of anilines is 1. The Hall–Kier alpha value is -2.14. The predicted molar refractivity (Wildman–Crippen MR) is 131 cm³/mol. The summed E-state index contributed by atoms with van der Waals surface area (Å²) in [7, 11) is 1.31. The Kier molecular flexibility index (Phi) is 8.24. The number of morpholine rings is 1. The molecule has 1 aromatic heterocycles. The van der Waals surface area contributed by atoms with Gasteiger partial charge in [-0.15, -0.1) is 11.3 Å². The molecule has 10 heteroatoms. The van der Waals surface area contributed by atoms with Crippen molar-refractivity contribution < 1.29 is 23.8 Å². The van der Waals surface area contributed by atoms with Crippen molar-refractivity contribution in [3.63, 3.8) is 0 Å². The van der Waals surface area contributed by atoms with Crippen molar-refractivity contribution in [2.75, 3.05) is 58.4 Å². The van der Waals surface area contributed by atoms with E-state index in [4.69, 9.17) is 14.2 Å². The van der Waals surface area contributed by atoms with Crippen molar-refractivity contribution in [1.82, 2.24) is 10.2 Å². The number of ether oxygens (including phenoxy) is 3. The van der Waals surface area contributed by atoms with Crippen LogP contribution >= 0.6 is 27.3 Å². The van der Waals surface area contributed by atoms with Gasteiger partial charge in [-0.2, -0.15) is 0 Å². The number of rotatable bonds is 7. The molecule has 2 saturated heterocycles. The Labute approximate surface area is 205 Å². The molecule has 178 valence electrons. The lowest BCUT2D eigenvalue weighted by molar-refractivity contribution is -0.142. The molecule has 3 heterocycles. The number of nitrogens with one attached hydrogen (secondary N) is 2. The van der Waals surface area contributed by atoms with Crippen molar-refractivity contribution in [3.05, 3.63) is 33.6 Å². The van der Waals surface area contributed by atoms with Crippen molar-refractivity contribution in [2.24, 2.45) is 0 Å². The molecule has 2 aliphatic rings. The second kappa shape index (κ2) is 11.3. The highest BCUT2D eigenvalue weighted by atomic mass is 79.9. The monoisotopic (exact) mass is 537 g/mol. The van der Waals surface area contributed by atoms with Crippen LogP contribution in [0.3, 0.4) is 0 Å². The average Bonchev–Trinajstić information content (AvgIpc) is 3.19. The summed E-state index contributed by atoms with van der Waals surface area (Å²) in [5.41, 5.74) is 2.01. The van der Waals surface area contributed by atoms with Gasteiger partial charge in [0.15, 0.2) is 12.4 Å². The van der Waals surface area contributed by atoms with Gasteiger partial charge in [0.1, 0.15) is 4.88 Å². The van der Waals surface area contributed by atoms with Crippen LogP contribution in [0.4, 0.5) is 5.69 Å². The van der Waals surface area contributed by atoms with Crippen molar-refractivity contribution in [3.8, 4) is 16.2 Å². The first-order valence-corrected chi connectivity index (χ1v) is 12.6. The normalized spacial score (nSPS) is 17.0. The topological polar surface area (TPSA) is 89.1 Å². The molecule has 2 N–H and O–H groups in total. The zero-order valence-corrected chi connectivity index (χ0v) is 20.9. The van der Waals surface area contributed by atoms with Crippen molar-refractivity contribution in [2.45, 2.75) is 18.9 Å². The summed E-state index contributed by atoms with van der Waals surface area (Å²) in [4.78, 5) is 28.1. The number of piperidine rings is 1. The molecule has 1 amide bonds. The van der Waals surface area contributed by atoms with Gasteiger partial charge in [-0.05, 0) is 59.6 Å². The molecule has 0 spiro atoms. The number of halogens is 1. The Balaban J connectivity index is 1.63. The molecule has 0 bridgehead atoms. The number of esters is 1. The molecule has 4 rings (SSSR count). The Morgan fingerprint density at radius 2 is 2.03 bits per heavy atom. The van der Waals surface area contributed by atoms with E-state index in [1.807, 2.05) is 12.1 Å². The summed E-state index contributed by atoms with van der Waals surface area (Å²) in [6.07, 6.45) is 2.16. The van der Waals surface area contributed by atoms with Crippen molar-refractivity contribution in [1.29, 1.82) is 0 Å². The summed E-state index contributed by atoms with van der Waals surface area (Å²) in [6.45, 7) is 3.82. The Morgan fingerprint density at radius 1 is 1.27 bits per heavy atom. The number of benzene rings is 1. The summed E-state index contributed by atoms with van der Waals surface area (Å²) in [5, 5.41) is 7.00. The molecule has 1 aromatic carbocycles. The minimum absolute atomic E-state index is 0.126. The van der Waals surface area contributed by atoms with Crippen LogP contribution in [0.15, 0.2) is 28.7 Å². The van der Waals surface area contributed by atoms with E-state index in [9.17, 15) is 9.59 Å². The summed E-state index contributed by atoms with van der Waals surface area (Å²) >= 11 is 5.00. The van der Waals surface area contributed by atoms with Crippen LogP contribution in [0.1, 0.15) is 22.5 Å². The number of carbonyl (C=O) groups excluding carboxylic acids is 2. The third kappa shape index (κ3) is 5.87. The van der Waals surface area contributed by atoms with Crippen LogP contribution in [0.2, 0.25) is 0 Å². The SMILES string of the molecule is COC(=O)COc1c(C(=O)N2CCOCC2)sc(-c2cccc(NC3CCNCC3)c2)c1Br. The molecule has 33 heavy (non-hydrogen) atoms. The lowest BCUT2D eigenvalue weighted by Gasteiger charge is -2.26. The molecule has 2 fully saturated rings. The maximum absolute atomic E-state index is 13.3. The van der Waals surface area contributed by atoms with Gasteiger partial charge in [0.25, 0.3) is 5.91 Å². The average molecular weight is 538 g/mol. The van der Waals surface area contributed by atoms with E-state index < -0.39 is 5.97 Å². The lowest BCUT2D eigenvalue weighted by Crippen LogP contribution is -2.40. The van der Waals surface area contributed by atoms with E-state index >= 15 is 0 Å². The fourth-order valence-electron chi connectivity index (χ4n) is 3.90. The Morgan fingerprint density at radius 3 is 2.76 bits per heavy atom. The molecule has 8 nitrogen and oxygen atoms in total. The highest BCUT2D eigenvalue weighted by Gasteiger charge is 2.29. The van der Waals surface area contributed by atoms with Gasteiger partial charge in [0.05, 0.1) is 29.7 Å². The van der Waals surface area contributed by atoms with Gasteiger partial charge in [-0.3, -0.25) is 4.79 Å². The molecule has 0 unspecified atom stereocenters. The minimum atomic E-state index is -0.507. The quantitative estimate of drug-likeness (QED) is 0.523. The van der Waals surface area contributed by atoms with Gasteiger partial charge in [-0.1, -0.05) is 12.1 Å². The van der Waals surface area contributed by atoms with Crippen LogP contribution in [0.5, 0.6) is 5.75 Å². The second-order valence-corrected chi connectivity index (χ2v) is 9.74. The van der Waals surface area contributed by atoms with Gasteiger partial charge in [-0.25, -0.2) is 4.79 Å². The first-order chi connectivity index (χ1) is 16.1. The van der Waals surface area contributed by atoms with Crippen LogP contribution in [0, 0.1) is 0 Å². The van der Waals surface area contributed by atoms with Gasteiger partial charge in [0.2, 0.25) is 0 Å². The van der Waals surface area contributed by atoms with E-state index in [-0.39, 0.29) is 12.5 Å². The van der Waals surface area contributed by atoms with Gasteiger partial charge in [0, 0.05) is 24.8 Å². The smallest absolute Gasteiger partial charge is 0.343 e. The summed E-state index contributed by atoms with van der Waals surface area (Å²) in [6, 6.07) is 8.60. The molecule has 0 aliphatic carbocycles. The molecular formula is C23H28BrN3O5S. The van der Waals surface area contributed by atoms with Crippen LogP contribution in [-0.2, 0) is 14.3 Å². The Bertz CT molecular complexity index is 986. The number of thiophene rings is 1. The fraction of sp³-hybridized carbons (Fsp3) is 0.478. The van der Waals surface area contributed by atoms with Crippen molar-refractivity contribution >= 4 is 44.8 Å². The lowest BCUT2D eigenvalue weighted by atomic mass is 10.1. The first-order valence-electron chi connectivity index (χ1n) is 11.0. The zero-order valence-electron chi connectivity index (χ0n) is 18.5. The summed E-state index contributed by atoms with van der Waals surface area (Å²) < 4.78 is 16.5. The third-order valence-corrected chi connectivity index (χ3v) is 7.93. The first kappa shape index (κ1) is 24.0. The maximum Gasteiger partial charge on any atom is 0.343 e. The van der Waals surface area contributed by atoms with E-state index in [0.717, 1.165) is 42.1 Å².